The number of aromatic nitrogens is 2. The van der Waals surface area contributed by atoms with Gasteiger partial charge in [0.1, 0.15) is 12.0 Å². The van der Waals surface area contributed by atoms with Crippen LogP contribution in [0.2, 0.25) is 0 Å². The van der Waals surface area contributed by atoms with Crippen molar-refractivity contribution in [1.82, 2.24) is 9.97 Å². The molecule has 0 amide bonds. The molecule has 2 aromatic heterocycles. The van der Waals surface area contributed by atoms with Gasteiger partial charge < -0.3 is 5.11 Å². The largest absolute Gasteiger partial charge is 0.476 e. The number of halogens is 1. The summed E-state index contributed by atoms with van der Waals surface area (Å²) in [6, 6.07) is 3.41. The van der Waals surface area contributed by atoms with E-state index in [1.807, 2.05) is 0 Å². The topological polar surface area (TPSA) is 63.1 Å². The fourth-order valence-corrected chi connectivity index (χ4v) is 1.82. The zero-order chi connectivity index (χ0) is 10.8. The number of carbonyl (C=O) groups is 1. The van der Waals surface area contributed by atoms with Crippen LogP contribution in [0.4, 0.5) is 4.39 Å². The Morgan fingerprint density at radius 1 is 1.47 bits per heavy atom. The van der Waals surface area contributed by atoms with Gasteiger partial charge in [0.05, 0.1) is 4.88 Å². The van der Waals surface area contributed by atoms with Crippen LogP contribution in [0.3, 0.4) is 0 Å². The first-order valence-corrected chi connectivity index (χ1v) is 4.86. The lowest BCUT2D eigenvalue weighted by molar-refractivity contribution is 0.0684. The first kappa shape index (κ1) is 9.72. The molecule has 0 saturated carbocycles. The number of carboxylic acids is 1. The second-order valence-electron chi connectivity index (χ2n) is 2.67. The molecule has 0 spiro atoms. The fourth-order valence-electron chi connectivity index (χ4n) is 1.10. The van der Waals surface area contributed by atoms with E-state index in [1.54, 1.807) is 17.5 Å². The molecule has 0 unspecified atom stereocenters. The van der Waals surface area contributed by atoms with Crippen molar-refractivity contribution in [2.24, 2.45) is 0 Å². The van der Waals surface area contributed by atoms with Crippen molar-refractivity contribution in [3.05, 3.63) is 35.4 Å². The lowest BCUT2D eigenvalue weighted by atomic mass is 10.2. The Morgan fingerprint density at radius 2 is 2.27 bits per heavy atom. The summed E-state index contributed by atoms with van der Waals surface area (Å²) in [6.45, 7) is 0. The predicted molar refractivity (Wildman–Crippen MR) is 52.3 cm³/mol. The number of rotatable bonds is 2. The maximum atomic E-state index is 13.6. The van der Waals surface area contributed by atoms with Gasteiger partial charge in [0.25, 0.3) is 0 Å². The van der Waals surface area contributed by atoms with Crippen LogP contribution in [0, 0.1) is 5.82 Å². The number of hydrogen-bond acceptors (Lipinski definition) is 4. The van der Waals surface area contributed by atoms with Gasteiger partial charge >= 0.3 is 5.97 Å². The molecule has 76 valence electrons. The molecule has 2 heterocycles. The van der Waals surface area contributed by atoms with E-state index in [4.69, 9.17) is 5.11 Å². The summed E-state index contributed by atoms with van der Waals surface area (Å²) in [7, 11) is 0. The van der Waals surface area contributed by atoms with Crippen molar-refractivity contribution in [1.29, 1.82) is 0 Å². The minimum absolute atomic E-state index is 0.0254. The Hall–Kier alpha value is -1.82. The van der Waals surface area contributed by atoms with Crippen LogP contribution in [0.15, 0.2) is 23.8 Å². The monoisotopic (exact) mass is 224 g/mol. The molecule has 0 bridgehead atoms. The van der Waals surface area contributed by atoms with Crippen LogP contribution in [0.25, 0.3) is 10.6 Å². The molecular weight excluding hydrogens is 219 g/mol. The minimum atomic E-state index is -1.40. The lowest BCUT2D eigenvalue weighted by Gasteiger charge is -2.00. The normalized spacial score (nSPS) is 10.2. The lowest BCUT2D eigenvalue weighted by Crippen LogP contribution is -2.06. The van der Waals surface area contributed by atoms with Gasteiger partial charge in [0.2, 0.25) is 0 Å². The molecule has 2 aromatic rings. The van der Waals surface area contributed by atoms with Crippen molar-refractivity contribution in [3.63, 3.8) is 0 Å². The SMILES string of the molecule is O=C(O)c1ncnc(-c2cccs2)c1F. The van der Waals surface area contributed by atoms with Crippen LogP contribution in [0.1, 0.15) is 10.5 Å². The van der Waals surface area contributed by atoms with E-state index in [1.165, 1.54) is 11.3 Å². The summed E-state index contributed by atoms with van der Waals surface area (Å²) >= 11 is 1.29. The summed E-state index contributed by atoms with van der Waals surface area (Å²) in [5, 5.41) is 10.4. The average Bonchev–Trinajstić information content (AvgIpc) is 2.70. The van der Waals surface area contributed by atoms with Crippen molar-refractivity contribution in [2.45, 2.75) is 0 Å². The number of hydrogen-bond donors (Lipinski definition) is 1. The van der Waals surface area contributed by atoms with E-state index in [2.05, 4.69) is 9.97 Å². The molecule has 1 N–H and O–H groups in total. The Balaban J connectivity index is 2.59. The number of carboxylic acid groups (broad SMARTS) is 1. The summed E-state index contributed by atoms with van der Waals surface area (Å²) in [6.07, 6.45) is 1.04. The van der Waals surface area contributed by atoms with Gasteiger partial charge in [0.15, 0.2) is 11.5 Å². The van der Waals surface area contributed by atoms with Crippen molar-refractivity contribution in [3.8, 4) is 10.6 Å². The third kappa shape index (κ3) is 1.71. The molecule has 0 fully saturated rings. The molecule has 0 aliphatic carbocycles. The van der Waals surface area contributed by atoms with Crippen LogP contribution < -0.4 is 0 Å². The zero-order valence-electron chi connectivity index (χ0n) is 7.35. The first-order chi connectivity index (χ1) is 7.20. The molecule has 15 heavy (non-hydrogen) atoms. The predicted octanol–water partition coefficient (Wildman–Crippen LogP) is 2.04. The maximum Gasteiger partial charge on any atom is 0.357 e. The van der Waals surface area contributed by atoms with E-state index in [0.717, 1.165) is 6.33 Å². The van der Waals surface area contributed by atoms with Crippen molar-refractivity contribution < 1.29 is 14.3 Å². The van der Waals surface area contributed by atoms with Gasteiger partial charge in [-0.05, 0) is 11.4 Å². The van der Waals surface area contributed by atoms with Gasteiger partial charge in [-0.2, -0.15) is 0 Å². The summed E-state index contributed by atoms with van der Waals surface area (Å²) in [5.74, 6) is -2.29. The second kappa shape index (κ2) is 3.74. The zero-order valence-corrected chi connectivity index (χ0v) is 8.16. The minimum Gasteiger partial charge on any atom is -0.476 e. The highest BCUT2D eigenvalue weighted by Crippen LogP contribution is 2.25. The smallest absolute Gasteiger partial charge is 0.357 e. The van der Waals surface area contributed by atoms with Gasteiger partial charge in [0, 0.05) is 0 Å². The molecule has 0 aliphatic heterocycles. The molecule has 0 atom stereocenters. The Morgan fingerprint density at radius 3 is 2.87 bits per heavy atom. The van der Waals surface area contributed by atoms with Crippen molar-refractivity contribution >= 4 is 17.3 Å². The number of nitrogens with zero attached hydrogens (tertiary/aromatic N) is 2. The van der Waals surface area contributed by atoms with E-state index in [-0.39, 0.29) is 5.69 Å². The summed E-state index contributed by atoms with van der Waals surface area (Å²) < 4.78 is 13.6. The molecule has 6 heteroatoms. The first-order valence-electron chi connectivity index (χ1n) is 3.98. The average molecular weight is 224 g/mol. The molecule has 2 rings (SSSR count). The van der Waals surface area contributed by atoms with Crippen LogP contribution in [0.5, 0.6) is 0 Å². The van der Waals surface area contributed by atoms with Gasteiger partial charge in [-0.3, -0.25) is 0 Å². The fraction of sp³-hybridized carbons (Fsp3) is 0. The summed E-state index contributed by atoms with van der Waals surface area (Å²) in [5.41, 5.74) is -0.578. The molecule has 0 radical (unpaired) electrons. The highest BCUT2D eigenvalue weighted by atomic mass is 32.1. The van der Waals surface area contributed by atoms with Gasteiger partial charge in [-0.15, -0.1) is 11.3 Å². The molecule has 0 aromatic carbocycles. The molecular formula is C9H5FN2O2S. The van der Waals surface area contributed by atoms with E-state index in [0.29, 0.717) is 4.88 Å². The van der Waals surface area contributed by atoms with Gasteiger partial charge in [-0.1, -0.05) is 6.07 Å². The van der Waals surface area contributed by atoms with Crippen molar-refractivity contribution in [2.75, 3.05) is 0 Å². The molecule has 4 nitrogen and oxygen atoms in total. The highest BCUT2D eigenvalue weighted by molar-refractivity contribution is 7.13. The van der Waals surface area contributed by atoms with Crippen LogP contribution in [-0.2, 0) is 0 Å². The van der Waals surface area contributed by atoms with Crippen LogP contribution in [-0.4, -0.2) is 21.0 Å². The number of thiophene rings is 1. The standard InChI is InChI=1S/C9H5FN2O2S/c10-6-7(5-2-1-3-15-5)11-4-12-8(6)9(13)14/h1-4H,(H,13,14). The molecule has 0 aliphatic rings. The van der Waals surface area contributed by atoms with E-state index in [9.17, 15) is 9.18 Å². The van der Waals surface area contributed by atoms with Gasteiger partial charge in [-0.25, -0.2) is 19.2 Å². The Labute approximate surface area is 88.1 Å². The third-order valence-electron chi connectivity index (χ3n) is 1.75. The Bertz CT molecular complexity index is 499. The number of aromatic carboxylic acids is 1. The Kier molecular flexibility index (Phi) is 2.42. The highest BCUT2D eigenvalue weighted by Gasteiger charge is 2.18. The quantitative estimate of drug-likeness (QED) is 0.847. The van der Waals surface area contributed by atoms with E-state index >= 15 is 0 Å². The maximum absolute atomic E-state index is 13.6. The van der Waals surface area contributed by atoms with Crippen LogP contribution >= 0.6 is 11.3 Å². The third-order valence-corrected chi connectivity index (χ3v) is 2.62. The summed E-state index contributed by atoms with van der Waals surface area (Å²) in [4.78, 5) is 18.3. The molecule has 0 saturated heterocycles. The van der Waals surface area contributed by atoms with E-state index < -0.39 is 17.5 Å². The second-order valence-corrected chi connectivity index (χ2v) is 3.62.